The van der Waals surface area contributed by atoms with Gasteiger partial charge in [-0.15, -0.1) is 0 Å². The van der Waals surface area contributed by atoms with E-state index in [-0.39, 0.29) is 0 Å². The first-order valence-corrected chi connectivity index (χ1v) is 4.90. The van der Waals surface area contributed by atoms with Gasteiger partial charge in [0.2, 0.25) is 0 Å². The summed E-state index contributed by atoms with van der Waals surface area (Å²) in [4.78, 5) is 8.89. The van der Waals surface area contributed by atoms with Crippen LogP contribution in [0.4, 0.5) is 0 Å². The molecule has 0 aromatic carbocycles. The van der Waals surface area contributed by atoms with Crippen molar-refractivity contribution in [1.82, 2.24) is 0 Å². The number of aliphatic carboxylic acids is 1. The minimum absolute atomic E-state index is 0.830. The number of carboxylic acids is 1. The van der Waals surface area contributed by atoms with Gasteiger partial charge >= 0.3 is 36.3 Å². The molecule has 0 heterocycles. The molecule has 0 fully saturated rings. The maximum Gasteiger partial charge on any atom is 0.0383 e. The topological polar surface area (TPSA) is 40.1 Å². The van der Waals surface area contributed by atoms with E-state index in [1.54, 1.807) is 0 Å². The molecule has 0 rings (SSSR count). The van der Waals surface area contributed by atoms with Crippen molar-refractivity contribution < 1.29 is 36.0 Å². The summed E-state index contributed by atoms with van der Waals surface area (Å²) in [6.45, 7) is 4.42. The Morgan fingerprint density at radius 3 is 2.00 bits per heavy atom. The molecule has 0 aliphatic rings. The van der Waals surface area contributed by atoms with Gasteiger partial charge in [0.1, 0.15) is 0 Å². The molecule has 0 aliphatic heterocycles. The molecule has 0 unspecified atom stereocenters. The van der Waals surface area contributed by atoms with E-state index < -0.39 is 5.97 Å². The summed E-state index contributed by atoms with van der Waals surface area (Å²) in [7, 11) is 0. The van der Waals surface area contributed by atoms with E-state index in [1.165, 1.54) is 0 Å². The van der Waals surface area contributed by atoms with Crippen molar-refractivity contribution in [1.29, 1.82) is 0 Å². The Hall–Kier alpha value is 0.145. The fourth-order valence-electron chi connectivity index (χ4n) is 0. The zero-order chi connectivity index (χ0) is 6.28. The minimum atomic E-state index is -1.08. The second-order valence-electron chi connectivity index (χ2n) is 0.780. The van der Waals surface area contributed by atoms with E-state index in [4.69, 9.17) is 9.90 Å². The molecule has 0 radical (unpaired) electrons. The van der Waals surface area contributed by atoms with Crippen molar-refractivity contribution in [2.75, 3.05) is 0 Å². The predicted molar refractivity (Wildman–Crippen MR) is 20.9 cm³/mol. The van der Waals surface area contributed by atoms with Crippen LogP contribution in [0.2, 0.25) is 0 Å². The number of carbonyl (C=O) groups excluding carboxylic acids is 1. The molecule has 0 saturated carbocycles. The molecule has 0 aromatic heterocycles. The minimum Gasteiger partial charge on any atom is -0.550 e. The van der Waals surface area contributed by atoms with Crippen LogP contribution in [0.5, 0.6) is 0 Å². The van der Waals surface area contributed by atoms with Gasteiger partial charge in [-0.25, -0.2) is 0 Å². The Morgan fingerprint density at radius 2 is 2.00 bits per heavy atom. The molecular weight excluding hydrogens is 281 g/mol. The van der Waals surface area contributed by atoms with Gasteiger partial charge in [-0.05, 0) is 6.92 Å². The summed E-state index contributed by atoms with van der Waals surface area (Å²) in [5, 5.41) is 8.89. The molecule has 0 amide bonds. The first-order chi connectivity index (χ1) is 3.15. The van der Waals surface area contributed by atoms with Crippen molar-refractivity contribution in [3.8, 4) is 0 Å². The third-order valence-electron chi connectivity index (χ3n) is 0. The summed E-state index contributed by atoms with van der Waals surface area (Å²) in [5.74, 6) is -1.08. The smallest absolute Gasteiger partial charge is 0.0383 e. The summed E-state index contributed by atoms with van der Waals surface area (Å²) in [6, 6.07) is 0. The molecule has 0 aromatic rings. The summed E-state index contributed by atoms with van der Waals surface area (Å²) >= 11 is 0.830. The number of carbonyl (C=O) groups is 1. The molecule has 0 aliphatic carbocycles. The van der Waals surface area contributed by atoms with Crippen LogP contribution in [-0.4, -0.2) is 5.97 Å². The van der Waals surface area contributed by atoms with Crippen molar-refractivity contribution >= 4 is 5.97 Å². The van der Waals surface area contributed by atoms with Crippen LogP contribution < -0.4 is 5.11 Å². The van der Waals surface area contributed by atoms with Gasteiger partial charge < -0.3 is 9.90 Å². The summed E-state index contributed by atoms with van der Waals surface area (Å²) < 4.78 is 1.94. The molecule has 7 heavy (non-hydrogen) atoms. The van der Waals surface area contributed by atoms with Crippen molar-refractivity contribution in [3.05, 3.63) is 10.2 Å². The molecule has 0 N–H and O–H groups in total. The predicted octanol–water partition coefficient (Wildman–Crippen LogP) is -0.567. The zero-order valence-corrected chi connectivity index (χ0v) is 9.81. The monoisotopic (exact) mass is 288 g/mol. The van der Waals surface area contributed by atoms with Crippen LogP contribution in [0, 0.1) is 0 Å². The fraction of sp³-hybridized carbons (Fsp3) is 0.250. The standard InChI is InChI=1S/C2H4O2.C2H3.Hg/c1-2(3)4;1-2;/h1H3,(H,3,4);1H,2H2;/q;;+1/p-1. The fourth-order valence-corrected chi connectivity index (χ4v) is 0. The van der Waals surface area contributed by atoms with E-state index >= 15 is 0 Å². The maximum atomic E-state index is 8.89. The number of rotatable bonds is 0. The second kappa shape index (κ2) is 9.47. The van der Waals surface area contributed by atoms with Gasteiger partial charge in [-0.1, -0.05) is 0 Å². The molecule has 36 valence electrons. The Balaban J connectivity index is 0. The van der Waals surface area contributed by atoms with E-state index in [1.807, 2.05) is 3.58 Å². The van der Waals surface area contributed by atoms with Crippen LogP contribution in [0.1, 0.15) is 6.92 Å². The first-order valence-electron chi connectivity index (χ1n) is 1.72. The summed E-state index contributed by atoms with van der Waals surface area (Å²) in [6.07, 6.45) is 0. The zero-order valence-electron chi connectivity index (χ0n) is 4.31. The van der Waals surface area contributed by atoms with Crippen LogP contribution in [-0.2, 0) is 30.9 Å². The van der Waals surface area contributed by atoms with E-state index in [2.05, 4.69) is 6.58 Å². The van der Waals surface area contributed by atoms with Gasteiger partial charge in [-0.2, -0.15) is 0 Å². The number of hydrogen-bond acceptors (Lipinski definition) is 2. The quantitative estimate of drug-likeness (QED) is 0.560. The second-order valence-corrected chi connectivity index (χ2v) is 3.02. The van der Waals surface area contributed by atoms with Crippen molar-refractivity contribution in [3.63, 3.8) is 0 Å². The SMILES string of the molecule is C=[CH][Hg+].CC(=O)[O-]. The van der Waals surface area contributed by atoms with E-state index in [0.29, 0.717) is 0 Å². The normalized spacial score (nSPS) is 5.57. The molecular formula is C4H6HgO2. The summed E-state index contributed by atoms with van der Waals surface area (Å²) in [5.41, 5.74) is 0. The average molecular weight is 287 g/mol. The number of hydrogen-bond donors (Lipinski definition) is 0. The van der Waals surface area contributed by atoms with Gasteiger partial charge in [-0.3, -0.25) is 0 Å². The van der Waals surface area contributed by atoms with Crippen LogP contribution in [0.15, 0.2) is 10.2 Å². The molecule has 0 atom stereocenters. The molecule has 2 nitrogen and oxygen atoms in total. The first kappa shape index (κ1) is 10.2. The third-order valence-corrected chi connectivity index (χ3v) is 0. The molecule has 3 heteroatoms. The van der Waals surface area contributed by atoms with Crippen molar-refractivity contribution in [2.45, 2.75) is 6.92 Å². The van der Waals surface area contributed by atoms with Crippen molar-refractivity contribution in [2.24, 2.45) is 0 Å². The van der Waals surface area contributed by atoms with Crippen LogP contribution in [0.3, 0.4) is 0 Å². The average Bonchev–Trinajstić information content (AvgIpc) is 1.33. The molecule has 0 saturated heterocycles. The van der Waals surface area contributed by atoms with E-state index in [9.17, 15) is 0 Å². The van der Waals surface area contributed by atoms with Gasteiger partial charge in [0.15, 0.2) is 0 Å². The van der Waals surface area contributed by atoms with Crippen LogP contribution >= 0.6 is 0 Å². The molecule has 0 spiro atoms. The largest absolute Gasteiger partial charge is 0.550 e. The third kappa shape index (κ3) is 5020. The Labute approximate surface area is 59.2 Å². The Morgan fingerprint density at radius 1 is 2.00 bits per heavy atom. The maximum absolute atomic E-state index is 8.89. The van der Waals surface area contributed by atoms with Crippen LogP contribution in [0.25, 0.3) is 0 Å². The van der Waals surface area contributed by atoms with Gasteiger partial charge in [0.25, 0.3) is 0 Å². The molecule has 0 bridgehead atoms. The number of carboxylic acid groups (broad SMARTS) is 1. The van der Waals surface area contributed by atoms with Gasteiger partial charge in [0, 0.05) is 5.97 Å². The Bertz CT molecular complexity index is 56.7. The van der Waals surface area contributed by atoms with E-state index in [0.717, 1.165) is 33.0 Å². The Kier molecular flexibility index (Phi) is 13.8. The van der Waals surface area contributed by atoms with Gasteiger partial charge in [0.05, 0.1) is 0 Å².